The number of hydrogen-bond donors (Lipinski definition) is 1. The summed E-state index contributed by atoms with van der Waals surface area (Å²) in [5, 5.41) is 13.2. The fraction of sp³-hybridized carbons (Fsp3) is 0.368. The third-order valence-corrected chi connectivity index (χ3v) is 4.91. The number of aromatic nitrogens is 1. The van der Waals surface area contributed by atoms with Gasteiger partial charge in [0.15, 0.2) is 0 Å². The Morgan fingerprint density at radius 3 is 2.71 bits per heavy atom. The van der Waals surface area contributed by atoms with E-state index in [2.05, 4.69) is 40.3 Å². The second kappa shape index (κ2) is 7.65. The molecule has 0 unspecified atom stereocenters. The van der Waals surface area contributed by atoms with Crippen LogP contribution in [0.5, 0.6) is 0 Å². The highest BCUT2D eigenvalue weighted by Crippen LogP contribution is 2.31. The largest absolute Gasteiger partial charge is 0.353 e. The summed E-state index contributed by atoms with van der Waals surface area (Å²) in [6, 6.07) is 14.4. The van der Waals surface area contributed by atoms with Crippen LogP contribution in [0.4, 0.5) is 5.82 Å². The molecule has 0 spiro atoms. The highest BCUT2D eigenvalue weighted by Gasteiger charge is 2.31. The number of piperidine rings is 1. The number of rotatable bonds is 4. The average molecular weight is 341 g/mol. The molecule has 2 heterocycles. The van der Waals surface area contributed by atoms with Crippen LogP contribution in [0.15, 0.2) is 42.6 Å². The third-order valence-electron chi connectivity index (χ3n) is 4.66. The zero-order valence-electron chi connectivity index (χ0n) is 13.7. The van der Waals surface area contributed by atoms with Gasteiger partial charge in [0.1, 0.15) is 11.9 Å². The molecule has 4 nitrogen and oxygen atoms in total. The summed E-state index contributed by atoms with van der Waals surface area (Å²) < 4.78 is 0. The van der Waals surface area contributed by atoms with Crippen LogP contribution in [0.2, 0.25) is 5.02 Å². The Hall–Kier alpha value is -2.09. The van der Waals surface area contributed by atoms with Gasteiger partial charge in [-0.15, -0.1) is 0 Å². The number of nitrogens with one attached hydrogen (secondary N) is 1. The normalized spacial score (nSPS) is 20.4. The maximum Gasteiger partial charge on any atom is 0.128 e. The van der Waals surface area contributed by atoms with Crippen LogP contribution in [0, 0.1) is 11.3 Å². The summed E-state index contributed by atoms with van der Waals surface area (Å²) in [7, 11) is 0. The van der Waals surface area contributed by atoms with Gasteiger partial charge in [-0.1, -0.05) is 23.7 Å². The van der Waals surface area contributed by atoms with Crippen molar-refractivity contribution in [3.05, 3.63) is 58.7 Å². The third kappa shape index (κ3) is 3.53. The van der Waals surface area contributed by atoms with E-state index in [0.717, 1.165) is 36.9 Å². The molecule has 0 aliphatic carbocycles. The molecule has 1 fully saturated rings. The molecule has 0 bridgehead atoms. The Morgan fingerprint density at radius 2 is 2.08 bits per heavy atom. The van der Waals surface area contributed by atoms with Crippen molar-refractivity contribution < 1.29 is 0 Å². The molecule has 5 heteroatoms. The van der Waals surface area contributed by atoms with Gasteiger partial charge in [-0.3, -0.25) is 0 Å². The van der Waals surface area contributed by atoms with Gasteiger partial charge in [0.05, 0.1) is 5.56 Å². The van der Waals surface area contributed by atoms with Crippen molar-refractivity contribution in [2.24, 2.45) is 0 Å². The number of halogens is 1. The van der Waals surface area contributed by atoms with E-state index in [1.165, 1.54) is 5.56 Å². The lowest BCUT2D eigenvalue weighted by Gasteiger charge is -2.41. The molecular weight excluding hydrogens is 320 g/mol. The Labute approximate surface area is 148 Å². The minimum atomic E-state index is 0.373. The quantitative estimate of drug-likeness (QED) is 0.924. The summed E-state index contributed by atoms with van der Waals surface area (Å²) in [6.07, 6.45) is 2.71. The van der Waals surface area contributed by atoms with Crippen LogP contribution in [0.3, 0.4) is 0 Å². The highest BCUT2D eigenvalue weighted by molar-refractivity contribution is 6.30. The lowest BCUT2D eigenvalue weighted by atomic mass is 9.85. The van der Waals surface area contributed by atoms with E-state index >= 15 is 0 Å². The molecular formula is C19H21ClN4. The summed E-state index contributed by atoms with van der Waals surface area (Å²) in [6.45, 7) is 4.98. The van der Waals surface area contributed by atoms with Gasteiger partial charge in [0, 0.05) is 36.3 Å². The maximum absolute atomic E-state index is 8.96. The summed E-state index contributed by atoms with van der Waals surface area (Å²) >= 11 is 6.04. The van der Waals surface area contributed by atoms with Crippen molar-refractivity contribution in [1.82, 2.24) is 10.3 Å². The summed E-state index contributed by atoms with van der Waals surface area (Å²) in [5.41, 5.74) is 1.89. The molecule has 2 aromatic rings. The number of hydrogen-bond acceptors (Lipinski definition) is 4. The van der Waals surface area contributed by atoms with Crippen molar-refractivity contribution in [1.29, 1.82) is 5.26 Å². The molecule has 3 rings (SSSR count). The molecule has 0 radical (unpaired) electrons. The van der Waals surface area contributed by atoms with Gasteiger partial charge in [-0.2, -0.15) is 5.26 Å². The fourth-order valence-corrected chi connectivity index (χ4v) is 3.58. The van der Waals surface area contributed by atoms with Crippen molar-refractivity contribution in [2.45, 2.75) is 25.3 Å². The minimum absolute atomic E-state index is 0.373. The molecule has 0 amide bonds. The Kier molecular flexibility index (Phi) is 5.34. The number of nitrogens with zero attached hydrogens (tertiary/aromatic N) is 3. The van der Waals surface area contributed by atoms with Crippen molar-refractivity contribution in [3.63, 3.8) is 0 Å². The van der Waals surface area contributed by atoms with Crippen LogP contribution in [-0.2, 0) is 0 Å². The van der Waals surface area contributed by atoms with E-state index in [1.54, 1.807) is 6.20 Å². The second-order valence-corrected chi connectivity index (χ2v) is 6.46. The van der Waals surface area contributed by atoms with Gasteiger partial charge in [0.2, 0.25) is 0 Å². The fourth-order valence-electron chi connectivity index (χ4n) is 3.46. The number of benzene rings is 1. The maximum atomic E-state index is 8.96. The first-order valence-electron chi connectivity index (χ1n) is 8.32. The summed E-state index contributed by atoms with van der Waals surface area (Å²) in [4.78, 5) is 6.85. The highest BCUT2D eigenvalue weighted by atomic mass is 35.5. The molecule has 1 aliphatic rings. The van der Waals surface area contributed by atoms with Gasteiger partial charge < -0.3 is 10.2 Å². The van der Waals surface area contributed by atoms with Gasteiger partial charge in [-0.25, -0.2) is 4.98 Å². The monoisotopic (exact) mass is 340 g/mol. The lowest BCUT2D eigenvalue weighted by molar-refractivity contribution is 0.381. The molecule has 24 heavy (non-hydrogen) atoms. The number of pyridine rings is 1. The van der Waals surface area contributed by atoms with Crippen molar-refractivity contribution >= 4 is 17.4 Å². The minimum Gasteiger partial charge on any atom is -0.353 e. The van der Waals surface area contributed by atoms with Crippen molar-refractivity contribution in [3.8, 4) is 6.07 Å². The molecule has 2 atom stereocenters. The van der Waals surface area contributed by atoms with Gasteiger partial charge >= 0.3 is 0 Å². The molecule has 1 saturated heterocycles. The molecule has 1 N–H and O–H groups in total. The Morgan fingerprint density at radius 1 is 1.29 bits per heavy atom. The van der Waals surface area contributed by atoms with Gasteiger partial charge in [0.25, 0.3) is 0 Å². The standard InChI is InChI=1S/C19H21ClN4/c1-2-24(19-8-3-14(11-21)12-23-19)18-9-10-22-13-17(18)15-4-6-16(20)7-5-15/h3-8,12,17-18,22H,2,9-10,13H2,1H3/t17-,18+/m1/s1. The van der Waals surface area contributed by atoms with Crippen LogP contribution in [0.25, 0.3) is 0 Å². The van der Waals surface area contributed by atoms with E-state index in [-0.39, 0.29) is 0 Å². The predicted molar refractivity (Wildman–Crippen MR) is 97.4 cm³/mol. The Balaban J connectivity index is 1.89. The zero-order chi connectivity index (χ0) is 16.9. The van der Waals surface area contributed by atoms with E-state index in [1.807, 2.05) is 24.3 Å². The smallest absolute Gasteiger partial charge is 0.128 e. The van der Waals surface area contributed by atoms with Crippen molar-refractivity contribution in [2.75, 3.05) is 24.5 Å². The van der Waals surface area contributed by atoms with Crippen LogP contribution in [-0.4, -0.2) is 30.7 Å². The molecule has 124 valence electrons. The lowest BCUT2D eigenvalue weighted by Crippen LogP contribution is -2.49. The molecule has 1 aliphatic heterocycles. The molecule has 1 aromatic heterocycles. The number of nitriles is 1. The van der Waals surface area contributed by atoms with Crippen LogP contribution in [0.1, 0.15) is 30.4 Å². The SMILES string of the molecule is CCN(c1ccc(C#N)cn1)[C@H]1CCNC[C@@H]1c1ccc(Cl)cc1. The topological polar surface area (TPSA) is 52.0 Å². The van der Waals surface area contributed by atoms with E-state index in [0.29, 0.717) is 17.5 Å². The van der Waals surface area contributed by atoms with E-state index in [9.17, 15) is 0 Å². The first kappa shape index (κ1) is 16.8. The number of anilines is 1. The number of likely N-dealkylation sites (N-methyl/N-ethyl adjacent to an activating group) is 1. The second-order valence-electron chi connectivity index (χ2n) is 6.02. The predicted octanol–water partition coefficient (Wildman–Crippen LogP) is 3.58. The summed E-state index contributed by atoms with van der Waals surface area (Å²) in [5.74, 6) is 1.32. The van der Waals surface area contributed by atoms with Gasteiger partial charge in [-0.05, 0) is 49.7 Å². The zero-order valence-corrected chi connectivity index (χ0v) is 14.5. The van der Waals surface area contributed by atoms with E-state index in [4.69, 9.17) is 16.9 Å². The molecule has 1 aromatic carbocycles. The first-order valence-corrected chi connectivity index (χ1v) is 8.69. The molecule has 0 saturated carbocycles. The average Bonchev–Trinajstić information content (AvgIpc) is 2.64. The Bertz CT molecular complexity index is 706. The van der Waals surface area contributed by atoms with E-state index < -0.39 is 0 Å². The van der Waals surface area contributed by atoms with Crippen LogP contribution < -0.4 is 10.2 Å². The first-order chi connectivity index (χ1) is 11.7. The van der Waals surface area contributed by atoms with Crippen LogP contribution >= 0.6 is 11.6 Å².